The van der Waals surface area contributed by atoms with Crippen LogP contribution in [-0.2, 0) is 11.3 Å². The summed E-state index contributed by atoms with van der Waals surface area (Å²) in [7, 11) is 0. The Kier molecular flexibility index (Phi) is 6.50. The monoisotopic (exact) mass is 407 g/mol. The Labute approximate surface area is 177 Å². The summed E-state index contributed by atoms with van der Waals surface area (Å²) in [6.07, 6.45) is 1.58. The van der Waals surface area contributed by atoms with Crippen molar-refractivity contribution >= 4 is 22.8 Å². The van der Waals surface area contributed by atoms with E-state index in [1.165, 1.54) is 0 Å². The van der Waals surface area contributed by atoms with Crippen molar-refractivity contribution < 1.29 is 9.59 Å². The molecule has 0 saturated heterocycles. The summed E-state index contributed by atoms with van der Waals surface area (Å²) in [4.78, 5) is 36.4. The average Bonchev–Trinajstić information content (AvgIpc) is 3.06. The maximum atomic E-state index is 13.1. The van der Waals surface area contributed by atoms with Crippen LogP contribution in [0.4, 0.5) is 0 Å². The van der Waals surface area contributed by atoms with Crippen molar-refractivity contribution in [2.75, 3.05) is 0 Å². The predicted octanol–water partition coefficient (Wildman–Crippen LogP) is 3.57. The van der Waals surface area contributed by atoms with Gasteiger partial charge in [-0.05, 0) is 58.9 Å². The molecule has 3 rings (SSSR count). The molecular formula is C23H29N5O2. The second-order valence-electron chi connectivity index (χ2n) is 7.94. The molecule has 0 radical (unpaired) electrons. The Hall–Kier alpha value is -3.22. The van der Waals surface area contributed by atoms with Crippen LogP contribution in [0.5, 0.6) is 0 Å². The van der Waals surface area contributed by atoms with Crippen LogP contribution in [-0.4, -0.2) is 43.3 Å². The zero-order valence-electron chi connectivity index (χ0n) is 18.2. The Morgan fingerprint density at radius 1 is 1.00 bits per heavy atom. The van der Waals surface area contributed by atoms with Gasteiger partial charge in [0.2, 0.25) is 5.91 Å². The number of rotatable bonds is 7. The fourth-order valence-electron chi connectivity index (χ4n) is 3.81. The third-order valence-electron chi connectivity index (χ3n) is 5.01. The number of benzene rings is 1. The van der Waals surface area contributed by atoms with E-state index in [1.807, 2.05) is 68.4 Å². The summed E-state index contributed by atoms with van der Waals surface area (Å²) in [6.45, 7) is 10.1. The molecule has 0 aliphatic heterocycles. The molecule has 0 spiro atoms. The van der Waals surface area contributed by atoms with Crippen molar-refractivity contribution in [1.82, 2.24) is 24.8 Å². The molecule has 158 valence electrons. The average molecular weight is 408 g/mol. The van der Waals surface area contributed by atoms with Gasteiger partial charge < -0.3 is 14.8 Å². The lowest BCUT2D eigenvalue weighted by Gasteiger charge is -2.31. The van der Waals surface area contributed by atoms with Crippen molar-refractivity contribution in [1.29, 1.82) is 0 Å². The van der Waals surface area contributed by atoms with E-state index in [0.717, 1.165) is 11.0 Å². The van der Waals surface area contributed by atoms with Crippen molar-refractivity contribution in [3.8, 4) is 0 Å². The molecule has 30 heavy (non-hydrogen) atoms. The Balaban J connectivity index is 1.93. The number of nitrogens with one attached hydrogen (secondary N) is 1. The lowest BCUT2D eigenvalue weighted by atomic mass is 10.2. The molecule has 1 unspecified atom stereocenters. The molecule has 2 aromatic heterocycles. The maximum absolute atomic E-state index is 13.1. The van der Waals surface area contributed by atoms with Gasteiger partial charge in [0.25, 0.3) is 5.91 Å². The van der Waals surface area contributed by atoms with E-state index in [-0.39, 0.29) is 30.4 Å². The molecule has 1 N–H and O–H groups in total. The van der Waals surface area contributed by atoms with Crippen LogP contribution >= 0.6 is 0 Å². The summed E-state index contributed by atoms with van der Waals surface area (Å²) in [6, 6.07) is 12.7. The molecule has 7 nitrogen and oxygen atoms in total. The number of amides is 2. The smallest absolute Gasteiger partial charge is 0.270 e. The van der Waals surface area contributed by atoms with E-state index in [1.54, 1.807) is 24.4 Å². The number of imidazole rings is 1. The highest BCUT2D eigenvalue weighted by atomic mass is 16.2. The zero-order valence-corrected chi connectivity index (χ0v) is 18.2. The predicted molar refractivity (Wildman–Crippen MR) is 117 cm³/mol. The van der Waals surface area contributed by atoms with Crippen molar-refractivity contribution in [3.63, 3.8) is 0 Å². The van der Waals surface area contributed by atoms with Gasteiger partial charge in [0, 0.05) is 18.3 Å². The van der Waals surface area contributed by atoms with Gasteiger partial charge in [-0.25, -0.2) is 4.98 Å². The quantitative estimate of drug-likeness (QED) is 0.649. The normalized spacial score (nSPS) is 12.4. The van der Waals surface area contributed by atoms with Gasteiger partial charge in [-0.3, -0.25) is 14.6 Å². The first-order valence-electron chi connectivity index (χ1n) is 10.3. The van der Waals surface area contributed by atoms with E-state index in [0.29, 0.717) is 11.5 Å². The summed E-state index contributed by atoms with van der Waals surface area (Å²) in [5.74, 6) is 0.382. The van der Waals surface area contributed by atoms with Gasteiger partial charge >= 0.3 is 0 Å². The molecule has 3 aromatic rings. The summed E-state index contributed by atoms with van der Waals surface area (Å²) >= 11 is 0. The van der Waals surface area contributed by atoms with E-state index >= 15 is 0 Å². The number of carbonyl (C=O) groups is 2. The van der Waals surface area contributed by atoms with Crippen molar-refractivity contribution in [2.45, 2.75) is 59.3 Å². The molecule has 0 aliphatic carbocycles. The third-order valence-corrected chi connectivity index (χ3v) is 5.01. The number of hydrogen-bond donors (Lipinski definition) is 1. The highest BCUT2D eigenvalue weighted by Gasteiger charge is 2.25. The van der Waals surface area contributed by atoms with Crippen LogP contribution in [0.15, 0.2) is 48.7 Å². The Morgan fingerprint density at radius 2 is 1.67 bits per heavy atom. The number of nitrogens with zero attached hydrogens (tertiary/aromatic N) is 4. The van der Waals surface area contributed by atoms with Gasteiger partial charge in [0.15, 0.2) is 0 Å². The highest BCUT2D eigenvalue weighted by molar-refractivity contribution is 5.92. The Bertz CT molecular complexity index is 1020. The molecule has 0 fully saturated rings. The largest absolute Gasteiger partial charge is 0.341 e. The highest BCUT2D eigenvalue weighted by Crippen LogP contribution is 2.22. The second-order valence-corrected chi connectivity index (χ2v) is 7.94. The number of fused-ring (bicyclic) bond motifs is 1. The van der Waals surface area contributed by atoms with Gasteiger partial charge in [-0.2, -0.15) is 0 Å². The van der Waals surface area contributed by atoms with Gasteiger partial charge in [0.05, 0.1) is 17.1 Å². The first kappa shape index (κ1) is 21.5. The van der Waals surface area contributed by atoms with E-state index in [9.17, 15) is 9.59 Å². The minimum absolute atomic E-state index is 0.0210. The fraction of sp³-hybridized carbons (Fsp3) is 0.391. The first-order chi connectivity index (χ1) is 14.3. The number of para-hydroxylation sites is 2. The van der Waals surface area contributed by atoms with Gasteiger partial charge in [-0.15, -0.1) is 0 Å². The molecule has 1 atom stereocenters. The molecule has 0 saturated carbocycles. The standard InChI is InChI=1S/C23H29N5O2/c1-15(2)28(16(3)4)21(29)14-27-20-12-7-6-10-18(20)26-22(27)17(5)25-23(30)19-11-8-9-13-24-19/h6-13,15-17H,14H2,1-5H3,(H,25,30). The molecule has 2 amide bonds. The van der Waals surface area contributed by atoms with Gasteiger partial charge in [0.1, 0.15) is 18.1 Å². The summed E-state index contributed by atoms with van der Waals surface area (Å²) in [5, 5.41) is 2.95. The minimum atomic E-state index is -0.397. The SMILES string of the molecule is CC(NC(=O)c1ccccn1)c1nc2ccccc2n1CC(=O)N(C(C)C)C(C)C. The molecule has 2 heterocycles. The zero-order chi connectivity index (χ0) is 21.8. The van der Waals surface area contributed by atoms with Crippen LogP contribution in [0.25, 0.3) is 11.0 Å². The minimum Gasteiger partial charge on any atom is -0.341 e. The lowest BCUT2D eigenvalue weighted by Crippen LogP contribution is -2.44. The molecule has 0 aliphatic rings. The number of aromatic nitrogens is 3. The number of pyridine rings is 1. The van der Waals surface area contributed by atoms with Crippen LogP contribution in [0.1, 0.15) is 57.0 Å². The molecule has 7 heteroatoms. The number of carbonyl (C=O) groups excluding carboxylic acids is 2. The van der Waals surface area contributed by atoms with Crippen LogP contribution in [0, 0.1) is 0 Å². The summed E-state index contributed by atoms with van der Waals surface area (Å²) < 4.78 is 1.90. The van der Waals surface area contributed by atoms with E-state index < -0.39 is 6.04 Å². The molecule has 0 bridgehead atoms. The fourth-order valence-corrected chi connectivity index (χ4v) is 3.81. The lowest BCUT2D eigenvalue weighted by molar-refractivity contribution is -0.135. The number of hydrogen-bond acceptors (Lipinski definition) is 4. The van der Waals surface area contributed by atoms with E-state index in [4.69, 9.17) is 4.98 Å². The van der Waals surface area contributed by atoms with Crippen molar-refractivity contribution in [2.24, 2.45) is 0 Å². The third kappa shape index (κ3) is 4.50. The van der Waals surface area contributed by atoms with Crippen LogP contribution in [0.3, 0.4) is 0 Å². The topological polar surface area (TPSA) is 80.1 Å². The maximum Gasteiger partial charge on any atom is 0.270 e. The second kappa shape index (κ2) is 9.07. The Morgan fingerprint density at radius 3 is 2.30 bits per heavy atom. The van der Waals surface area contributed by atoms with Gasteiger partial charge in [-0.1, -0.05) is 18.2 Å². The molecule has 1 aromatic carbocycles. The summed E-state index contributed by atoms with van der Waals surface area (Å²) in [5.41, 5.74) is 2.00. The van der Waals surface area contributed by atoms with Crippen LogP contribution in [0.2, 0.25) is 0 Å². The first-order valence-corrected chi connectivity index (χ1v) is 10.3. The van der Waals surface area contributed by atoms with E-state index in [2.05, 4.69) is 10.3 Å². The van der Waals surface area contributed by atoms with Crippen LogP contribution < -0.4 is 5.32 Å². The molecular weight excluding hydrogens is 378 g/mol. The van der Waals surface area contributed by atoms with Crippen molar-refractivity contribution in [3.05, 3.63) is 60.2 Å².